The average molecular weight is 563 g/mol. The van der Waals surface area contributed by atoms with Gasteiger partial charge in [-0.2, -0.15) is 0 Å². The van der Waals surface area contributed by atoms with Crippen LogP contribution in [0.25, 0.3) is 0 Å². The van der Waals surface area contributed by atoms with E-state index in [1.54, 1.807) is 22.7 Å². The molecule has 2 rings (SSSR count). The topological polar surface area (TPSA) is 89.0 Å². The number of nitrogens with zero attached hydrogens (tertiary/aromatic N) is 1. The molecule has 7 nitrogen and oxygen atoms in total. The molecule has 0 unspecified atom stereocenters. The number of nitrogens with one attached hydrogen (secondary N) is 2. The summed E-state index contributed by atoms with van der Waals surface area (Å²) >= 11 is 9.76. The molecule has 0 aliphatic rings. The van der Waals surface area contributed by atoms with Crippen molar-refractivity contribution in [1.29, 1.82) is 0 Å². The van der Waals surface area contributed by atoms with Crippen LogP contribution in [-0.2, 0) is 22.6 Å². The van der Waals surface area contributed by atoms with E-state index in [-0.39, 0.29) is 12.2 Å². The van der Waals surface area contributed by atoms with E-state index in [9.17, 15) is 9.59 Å². The van der Waals surface area contributed by atoms with E-state index < -0.39 is 11.2 Å². The number of alkyl carbamates (subject to hydrolysis) is 2. The molecular formula is C20H30BBrN3O4S3. The van der Waals surface area contributed by atoms with Crippen LogP contribution >= 0.6 is 51.4 Å². The summed E-state index contributed by atoms with van der Waals surface area (Å²) in [6.07, 6.45) is -0.752. The Morgan fingerprint density at radius 3 is 1.81 bits per heavy atom. The van der Waals surface area contributed by atoms with Gasteiger partial charge in [0.25, 0.3) is 0 Å². The Bertz CT molecular complexity index is 819. The summed E-state index contributed by atoms with van der Waals surface area (Å²) in [5.41, 5.74) is -0.875. The maximum absolute atomic E-state index is 11.3. The second kappa shape index (κ2) is 15.5. The van der Waals surface area contributed by atoms with Crippen molar-refractivity contribution in [3.05, 3.63) is 43.2 Å². The van der Waals surface area contributed by atoms with Gasteiger partial charge >= 0.3 is 36.9 Å². The first-order valence-corrected chi connectivity index (χ1v) is 12.4. The first-order chi connectivity index (χ1) is 14.8. The molecule has 2 amide bonds. The Labute approximate surface area is 213 Å². The van der Waals surface area contributed by atoms with Crippen molar-refractivity contribution in [1.82, 2.24) is 10.6 Å². The molecule has 12 heteroatoms. The number of rotatable bonds is 4. The number of ether oxygens (including phenoxy) is 2. The first-order valence-electron chi connectivity index (χ1n) is 9.50. The average Bonchev–Trinajstić information content (AvgIpc) is 3.28. The van der Waals surface area contributed by atoms with E-state index >= 15 is 0 Å². The van der Waals surface area contributed by atoms with Crippen LogP contribution in [0.2, 0.25) is 0 Å². The number of carbonyl (C=O) groups excluding carboxylic acids is 2. The predicted octanol–water partition coefficient (Wildman–Crippen LogP) is 6.49. The number of amides is 2. The van der Waals surface area contributed by atoms with Gasteiger partial charge in [-0.15, -0.1) is 22.7 Å². The van der Waals surface area contributed by atoms with E-state index in [2.05, 4.69) is 51.3 Å². The minimum atomic E-state index is -0.444. The molecule has 177 valence electrons. The molecule has 1 radical (unpaired) electrons. The van der Waals surface area contributed by atoms with Crippen molar-refractivity contribution in [2.75, 3.05) is 0 Å². The Hall–Kier alpha value is -1.37. The van der Waals surface area contributed by atoms with Gasteiger partial charge in [-0.3, -0.25) is 0 Å². The van der Waals surface area contributed by atoms with E-state index in [1.807, 2.05) is 71.2 Å². The molecule has 2 aromatic rings. The monoisotopic (exact) mass is 562 g/mol. The summed E-state index contributed by atoms with van der Waals surface area (Å²) in [6.45, 7) is 12.1. The third-order valence-corrected chi connectivity index (χ3v) is 5.32. The molecule has 0 fully saturated rings. The van der Waals surface area contributed by atoms with Crippen molar-refractivity contribution in [3.63, 3.8) is 0 Å². The van der Waals surface area contributed by atoms with Gasteiger partial charge in [0.05, 0.1) is 16.9 Å². The quantitative estimate of drug-likeness (QED) is 0.293. The second-order valence-corrected chi connectivity index (χ2v) is 11.9. The zero-order chi connectivity index (χ0) is 24.8. The molecule has 0 bridgehead atoms. The SMILES string of the molecule is CC(C)(C)OC(=O)NCc1ccc(Br)s1.CC(C)(C)OC(=O)NCc1cccs1.[B]=NS. The molecule has 0 saturated heterocycles. The fourth-order valence-corrected chi connectivity index (χ4v) is 3.87. The molecule has 2 heterocycles. The standard InChI is InChI=1S/C10H14BrNO2S.C10H15NO2S.BHNS/c1-10(2,3)14-9(13)12-6-7-4-5-8(11)15-7;1-10(2,3)13-9(12)11-7-8-5-4-6-14-8;1-2-3/h4-5H,6H2,1-3H3,(H,12,13);4-6H,7H2,1-3H3,(H,11,12);3H. The summed E-state index contributed by atoms with van der Waals surface area (Å²) in [5.74, 6) is 0. The van der Waals surface area contributed by atoms with Gasteiger partial charge in [-0.25, -0.2) is 9.59 Å². The van der Waals surface area contributed by atoms with Crippen LogP contribution in [0.1, 0.15) is 51.3 Å². The summed E-state index contributed by atoms with van der Waals surface area (Å²) in [6, 6.07) is 7.85. The summed E-state index contributed by atoms with van der Waals surface area (Å²) < 4.78 is 14.0. The number of halogens is 1. The van der Waals surface area contributed by atoms with Gasteiger partial charge < -0.3 is 20.1 Å². The number of hydrogen-bond acceptors (Lipinski definition) is 8. The molecule has 0 saturated carbocycles. The zero-order valence-electron chi connectivity index (χ0n) is 19.1. The Balaban J connectivity index is 0.000000536. The summed E-state index contributed by atoms with van der Waals surface area (Å²) in [4.78, 5) is 24.7. The molecule has 0 aromatic carbocycles. The van der Waals surface area contributed by atoms with Crippen LogP contribution in [0.4, 0.5) is 9.59 Å². The second-order valence-electron chi connectivity index (χ2n) is 8.11. The van der Waals surface area contributed by atoms with Crippen LogP contribution in [0.5, 0.6) is 0 Å². The number of thiophene rings is 2. The molecule has 32 heavy (non-hydrogen) atoms. The third kappa shape index (κ3) is 18.2. The van der Waals surface area contributed by atoms with Gasteiger partial charge in [-0.05, 0) is 81.1 Å². The van der Waals surface area contributed by atoms with Gasteiger partial charge in [0, 0.05) is 9.75 Å². The van der Waals surface area contributed by atoms with Crippen molar-refractivity contribution < 1.29 is 19.1 Å². The number of thiol groups is 1. The van der Waals surface area contributed by atoms with E-state index in [0.29, 0.717) is 13.1 Å². The Morgan fingerprint density at radius 2 is 1.47 bits per heavy atom. The van der Waals surface area contributed by atoms with Crippen LogP contribution in [-0.4, -0.2) is 31.0 Å². The molecule has 2 N–H and O–H groups in total. The van der Waals surface area contributed by atoms with Crippen LogP contribution in [0, 0.1) is 0 Å². The molecule has 0 atom stereocenters. The van der Waals surface area contributed by atoms with Gasteiger partial charge in [0.15, 0.2) is 0 Å². The first kappa shape index (κ1) is 30.6. The van der Waals surface area contributed by atoms with Gasteiger partial charge in [-0.1, -0.05) is 6.07 Å². The molecule has 0 aliphatic carbocycles. The zero-order valence-corrected chi connectivity index (χ0v) is 23.2. The Morgan fingerprint density at radius 1 is 1.00 bits per heavy atom. The van der Waals surface area contributed by atoms with Crippen LogP contribution in [0.3, 0.4) is 0 Å². The molecular weight excluding hydrogens is 533 g/mol. The van der Waals surface area contributed by atoms with Crippen LogP contribution < -0.4 is 10.6 Å². The minimum absolute atomic E-state index is 0.370. The van der Waals surface area contributed by atoms with E-state index in [4.69, 9.17) is 9.47 Å². The summed E-state index contributed by atoms with van der Waals surface area (Å²) in [7, 11) is 4.34. The maximum atomic E-state index is 11.3. The van der Waals surface area contributed by atoms with E-state index in [1.165, 1.54) is 0 Å². The molecule has 0 aliphatic heterocycles. The van der Waals surface area contributed by atoms with Crippen LogP contribution in [0.15, 0.2) is 37.7 Å². The van der Waals surface area contributed by atoms with Crippen molar-refractivity contribution in [3.8, 4) is 0 Å². The fourth-order valence-electron chi connectivity index (χ4n) is 1.81. The predicted molar refractivity (Wildman–Crippen MR) is 140 cm³/mol. The van der Waals surface area contributed by atoms with Crippen molar-refractivity contribution >= 4 is 71.2 Å². The number of hydrogen-bond donors (Lipinski definition) is 3. The van der Waals surface area contributed by atoms with Gasteiger partial charge in [0.1, 0.15) is 11.2 Å². The molecule has 0 spiro atoms. The fraction of sp³-hybridized carbons (Fsp3) is 0.500. The number of carbonyl (C=O) groups is 2. The van der Waals surface area contributed by atoms with Gasteiger partial charge in [0.2, 0.25) is 0 Å². The molecule has 2 aromatic heterocycles. The van der Waals surface area contributed by atoms with E-state index in [0.717, 1.165) is 13.5 Å². The van der Waals surface area contributed by atoms with Crippen molar-refractivity contribution in [2.45, 2.75) is 65.8 Å². The normalized spacial score (nSPS) is 10.5. The summed E-state index contributed by atoms with van der Waals surface area (Å²) in [5, 5.41) is 7.37. The Kier molecular flexibility index (Phi) is 14.8. The third-order valence-electron chi connectivity index (χ3n) is 2.82. The van der Waals surface area contributed by atoms with Crippen molar-refractivity contribution in [2.24, 2.45) is 4.30 Å².